The molecule has 0 radical (unpaired) electrons. The van der Waals surface area contributed by atoms with Gasteiger partial charge in [0.25, 0.3) is 5.69 Å². The van der Waals surface area contributed by atoms with Crippen molar-refractivity contribution < 1.29 is 13.7 Å². The third kappa shape index (κ3) is 1.74. The van der Waals surface area contributed by atoms with Gasteiger partial charge in [-0.15, -0.1) is 0 Å². The van der Waals surface area contributed by atoms with Crippen LogP contribution in [0.5, 0.6) is 0 Å². The predicted octanol–water partition coefficient (Wildman–Crippen LogP) is 2.99. The maximum Gasteiger partial charge on any atom is 0.344 e. The number of non-ortho nitro benzene ring substituents is 1. The molecule has 0 fully saturated rings. The lowest BCUT2D eigenvalue weighted by Gasteiger charge is -2.02. The number of benzene rings is 2. The monoisotopic (exact) mass is 259 g/mol. The van der Waals surface area contributed by atoms with Gasteiger partial charge in [0.2, 0.25) is 0 Å². The molecule has 6 heteroatoms. The standard InChI is InChI=1S/C13H6FNO4/c14-7-1-3-10-9-4-2-8(15(17)18)6-11(9)13(16)19-12(10)5-7/h1-6H. The third-order valence-electron chi connectivity index (χ3n) is 2.87. The first-order valence-corrected chi connectivity index (χ1v) is 5.37. The lowest BCUT2D eigenvalue weighted by atomic mass is 10.1. The topological polar surface area (TPSA) is 73.3 Å². The average molecular weight is 259 g/mol. The number of nitro groups is 1. The number of hydrogen-bond acceptors (Lipinski definition) is 4. The van der Waals surface area contributed by atoms with Crippen molar-refractivity contribution in [2.45, 2.75) is 0 Å². The SMILES string of the molecule is O=c1oc2cc(F)ccc2c2ccc([N+](=O)[O-])cc12. The number of nitro benzene ring substituents is 1. The first-order chi connectivity index (χ1) is 9.06. The van der Waals surface area contributed by atoms with E-state index in [4.69, 9.17) is 4.42 Å². The van der Waals surface area contributed by atoms with Gasteiger partial charge in [-0.3, -0.25) is 10.1 Å². The van der Waals surface area contributed by atoms with E-state index < -0.39 is 16.4 Å². The Morgan fingerprint density at radius 1 is 1.05 bits per heavy atom. The number of nitrogens with zero attached hydrogens (tertiary/aromatic N) is 1. The van der Waals surface area contributed by atoms with Crippen LogP contribution in [0.15, 0.2) is 45.6 Å². The summed E-state index contributed by atoms with van der Waals surface area (Å²) in [5, 5.41) is 11.8. The second-order valence-corrected chi connectivity index (χ2v) is 4.02. The molecule has 3 aromatic rings. The molecule has 3 rings (SSSR count). The molecule has 0 spiro atoms. The summed E-state index contributed by atoms with van der Waals surface area (Å²) in [7, 11) is 0. The van der Waals surface area contributed by atoms with Gasteiger partial charge < -0.3 is 4.42 Å². The molecular weight excluding hydrogens is 253 g/mol. The van der Waals surface area contributed by atoms with Gasteiger partial charge in [0.15, 0.2) is 0 Å². The van der Waals surface area contributed by atoms with Crippen LogP contribution in [0.3, 0.4) is 0 Å². The molecule has 1 heterocycles. The molecule has 0 atom stereocenters. The Bertz CT molecular complexity index is 885. The lowest BCUT2D eigenvalue weighted by molar-refractivity contribution is -0.384. The van der Waals surface area contributed by atoms with Crippen molar-refractivity contribution in [1.29, 1.82) is 0 Å². The van der Waals surface area contributed by atoms with E-state index in [0.717, 1.165) is 12.1 Å². The fraction of sp³-hybridized carbons (Fsp3) is 0. The third-order valence-corrected chi connectivity index (χ3v) is 2.87. The lowest BCUT2D eigenvalue weighted by Crippen LogP contribution is -2.01. The van der Waals surface area contributed by atoms with Crippen LogP contribution in [-0.4, -0.2) is 4.92 Å². The van der Waals surface area contributed by atoms with E-state index in [1.54, 1.807) is 0 Å². The number of fused-ring (bicyclic) bond motifs is 3. The molecule has 5 nitrogen and oxygen atoms in total. The Balaban J connectivity index is 2.49. The van der Waals surface area contributed by atoms with E-state index in [1.165, 1.54) is 24.3 Å². The minimum atomic E-state index is -0.725. The smallest absolute Gasteiger partial charge is 0.344 e. The van der Waals surface area contributed by atoms with E-state index in [-0.39, 0.29) is 16.7 Å². The Hall–Kier alpha value is -2.76. The van der Waals surface area contributed by atoms with E-state index in [9.17, 15) is 19.3 Å². The molecule has 0 aliphatic carbocycles. The molecule has 0 saturated carbocycles. The Morgan fingerprint density at radius 2 is 1.79 bits per heavy atom. The van der Waals surface area contributed by atoms with E-state index in [2.05, 4.69) is 0 Å². The zero-order valence-electron chi connectivity index (χ0n) is 9.42. The summed E-state index contributed by atoms with van der Waals surface area (Å²) in [5.74, 6) is -0.517. The van der Waals surface area contributed by atoms with Crippen LogP contribution in [0.1, 0.15) is 0 Å². The van der Waals surface area contributed by atoms with Crippen molar-refractivity contribution in [2.24, 2.45) is 0 Å². The zero-order valence-corrected chi connectivity index (χ0v) is 9.42. The number of hydrogen-bond donors (Lipinski definition) is 0. The Morgan fingerprint density at radius 3 is 2.53 bits per heavy atom. The maximum atomic E-state index is 13.1. The van der Waals surface area contributed by atoms with Crippen LogP contribution < -0.4 is 5.63 Å². The second-order valence-electron chi connectivity index (χ2n) is 4.02. The van der Waals surface area contributed by atoms with Crippen LogP contribution in [0.2, 0.25) is 0 Å². The summed E-state index contributed by atoms with van der Waals surface area (Å²) in [5.41, 5.74) is -0.801. The fourth-order valence-corrected chi connectivity index (χ4v) is 2.01. The molecule has 94 valence electrons. The van der Waals surface area contributed by atoms with Crippen LogP contribution in [-0.2, 0) is 0 Å². The van der Waals surface area contributed by atoms with Crippen molar-refractivity contribution in [3.8, 4) is 0 Å². The molecule has 0 unspecified atom stereocenters. The van der Waals surface area contributed by atoms with Gasteiger partial charge >= 0.3 is 5.63 Å². The molecule has 0 aliphatic rings. The highest BCUT2D eigenvalue weighted by atomic mass is 19.1. The molecule has 0 N–H and O–H groups in total. The Kier molecular flexibility index (Phi) is 2.31. The van der Waals surface area contributed by atoms with Crippen molar-refractivity contribution in [3.63, 3.8) is 0 Å². The van der Waals surface area contributed by atoms with Gasteiger partial charge in [-0.05, 0) is 18.2 Å². The summed E-state index contributed by atoms with van der Waals surface area (Å²) < 4.78 is 18.1. The maximum absolute atomic E-state index is 13.1. The number of halogens is 1. The van der Waals surface area contributed by atoms with Gasteiger partial charge in [0, 0.05) is 29.0 Å². The van der Waals surface area contributed by atoms with Crippen LogP contribution >= 0.6 is 0 Å². The van der Waals surface area contributed by atoms with Crippen molar-refractivity contribution in [1.82, 2.24) is 0 Å². The van der Waals surface area contributed by atoms with E-state index in [1.807, 2.05) is 0 Å². The molecule has 1 aromatic heterocycles. The van der Waals surface area contributed by atoms with Gasteiger partial charge in [-0.2, -0.15) is 0 Å². The highest BCUT2D eigenvalue weighted by Gasteiger charge is 2.12. The highest BCUT2D eigenvalue weighted by Crippen LogP contribution is 2.26. The summed E-state index contributed by atoms with van der Waals surface area (Å²) in [6.07, 6.45) is 0. The first kappa shape index (κ1) is 11.3. The second kappa shape index (κ2) is 3.88. The predicted molar refractivity (Wildman–Crippen MR) is 66.6 cm³/mol. The highest BCUT2D eigenvalue weighted by molar-refractivity contribution is 6.04. The summed E-state index contributed by atoms with van der Waals surface area (Å²) >= 11 is 0. The van der Waals surface area contributed by atoms with Gasteiger partial charge in [0.1, 0.15) is 11.4 Å². The molecule has 0 bridgehead atoms. The van der Waals surface area contributed by atoms with Gasteiger partial charge in [-0.25, -0.2) is 9.18 Å². The van der Waals surface area contributed by atoms with Crippen molar-refractivity contribution >= 4 is 27.4 Å². The molecule has 0 amide bonds. The average Bonchev–Trinajstić information content (AvgIpc) is 2.38. The normalized spacial score (nSPS) is 11.0. The van der Waals surface area contributed by atoms with Crippen molar-refractivity contribution in [3.05, 3.63) is 62.7 Å². The number of rotatable bonds is 1. The molecule has 0 aliphatic heterocycles. The first-order valence-electron chi connectivity index (χ1n) is 5.37. The largest absolute Gasteiger partial charge is 0.422 e. The zero-order chi connectivity index (χ0) is 13.6. The van der Waals surface area contributed by atoms with Crippen molar-refractivity contribution in [2.75, 3.05) is 0 Å². The molecule has 0 saturated heterocycles. The van der Waals surface area contributed by atoms with E-state index >= 15 is 0 Å². The van der Waals surface area contributed by atoms with Crippen LogP contribution in [0, 0.1) is 15.9 Å². The minimum absolute atomic E-state index is 0.105. The summed E-state index contributed by atoms with van der Waals surface area (Å²) in [6.45, 7) is 0. The Labute approximate surface area is 105 Å². The van der Waals surface area contributed by atoms with Gasteiger partial charge in [0.05, 0.1) is 10.3 Å². The summed E-state index contributed by atoms with van der Waals surface area (Å²) in [4.78, 5) is 21.9. The van der Waals surface area contributed by atoms with Gasteiger partial charge in [-0.1, -0.05) is 0 Å². The summed E-state index contributed by atoms with van der Waals surface area (Å²) in [6, 6.07) is 7.74. The quantitative estimate of drug-likeness (QED) is 0.291. The molecular formula is C13H6FNO4. The molecule has 2 aromatic carbocycles. The fourth-order valence-electron chi connectivity index (χ4n) is 2.01. The minimum Gasteiger partial charge on any atom is -0.422 e. The van der Waals surface area contributed by atoms with Crippen LogP contribution in [0.25, 0.3) is 21.7 Å². The van der Waals surface area contributed by atoms with E-state index in [0.29, 0.717) is 10.8 Å². The molecule has 19 heavy (non-hydrogen) atoms. The van der Waals surface area contributed by atoms with Crippen LogP contribution in [0.4, 0.5) is 10.1 Å².